The fraction of sp³-hybridized carbons (Fsp3) is 0.429. The van der Waals surface area contributed by atoms with E-state index in [-0.39, 0.29) is 11.9 Å². The van der Waals surface area contributed by atoms with Crippen molar-refractivity contribution in [3.63, 3.8) is 0 Å². The molecule has 0 aliphatic carbocycles. The largest absolute Gasteiger partial charge is 0.497 e. The number of carbonyl (C=O) groups excluding carboxylic acids is 1. The normalized spacial score (nSPS) is 22.2. The summed E-state index contributed by atoms with van der Waals surface area (Å²) in [5.41, 5.74) is 1.39. The van der Waals surface area contributed by atoms with Gasteiger partial charge >= 0.3 is 0 Å². The molecular formula is C14H16N2O2. The van der Waals surface area contributed by atoms with Crippen molar-refractivity contribution in [1.82, 2.24) is 4.90 Å². The van der Waals surface area contributed by atoms with Crippen LogP contribution in [0.25, 0.3) is 0 Å². The van der Waals surface area contributed by atoms with Gasteiger partial charge in [-0.3, -0.25) is 9.79 Å². The second kappa shape index (κ2) is 4.44. The lowest BCUT2D eigenvalue weighted by Gasteiger charge is -2.32. The molecule has 1 saturated heterocycles. The number of fused-ring (bicyclic) bond motifs is 2. The van der Waals surface area contributed by atoms with Crippen LogP contribution in [0.5, 0.6) is 5.75 Å². The molecule has 0 spiro atoms. The second-order valence-corrected chi connectivity index (χ2v) is 4.72. The molecule has 0 bridgehead atoms. The third kappa shape index (κ3) is 1.78. The maximum Gasteiger partial charge on any atom is 0.256 e. The first-order valence-corrected chi connectivity index (χ1v) is 6.33. The van der Waals surface area contributed by atoms with E-state index in [1.807, 2.05) is 23.2 Å². The summed E-state index contributed by atoms with van der Waals surface area (Å²) >= 11 is 0. The minimum atomic E-state index is 0.0751. The van der Waals surface area contributed by atoms with Crippen molar-refractivity contribution in [3.05, 3.63) is 23.8 Å². The van der Waals surface area contributed by atoms with Crippen LogP contribution in [0.15, 0.2) is 23.2 Å². The fourth-order valence-corrected chi connectivity index (χ4v) is 2.61. The molecule has 3 rings (SSSR count). The molecule has 18 heavy (non-hydrogen) atoms. The van der Waals surface area contributed by atoms with Gasteiger partial charge in [0, 0.05) is 12.8 Å². The van der Waals surface area contributed by atoms with E-state index in [9.17, 15) is 4.79 Å². The molecule has 1 amide bonds. The molecule has 1 atom stereocenters. The average molecular weight is 244 g/mol. The quantitative estimate of drug-likeness (QED) is 0.761. The van der Waals surface area contributed by atoms with Gasteiger partial charge in [0.25, 0.3) is 5.91 Å². The first-order valence-electron chi connectivity index (χ1n) is 6.33. The van der Waals surface area contributed by atoms with Crippen molar-refractivity contribution in [1.29, 1.82) is 0 Å². The third-order valence-corrected chi connectivity index (χ3v) is 3.63. The molecule has 4 heteroatoms. The predicted octanol–water partition coefficient (Wildman–Crippen LogP) is 2.41. The summed E-state index contributed by atoms with van der Waals surface area (Å²) < 4.78 is 5.18. The Balaban J connectivity index is 2.05. The second-order valence-electron chi connectivity index (χ2n) is 4.72. The third-order valence-electron chi connectivity index (χ3n) is 3.63. The van der Waals surface area contributed by atoms with E-state index in [1.54, 1.807) is 13.2 Å². The van der Waals surface area contributed by atoms with Crippen LogP contribution in [0.4, 0.5) is 5.69 Å². The van der Waals surface area contributed by atoms with E-state index >= 15 is 0 Å². The van der Waals surface area contributed by atoms with Crippen molar-refractivity contribution in [3.8, 4) is 5.75 Å². The molecule has 2 heterocycles. The van der Waals surface area contributed by atoms with Gasteiger partial charge in [-0.25, -0.2) is 0 Å². The molecule has 1 aromatic rings. The van der Waals surface area contributed by atoms with Gasteiger partial charge < -0.3 is 9.64 Å². The first kappa shape index (κ1) is 11.3. The van der Waals surface area contributed by atoms with E-state index in [4.69, 9.17) is 4.74 Å². The first-order chi connectivity index (χ1) is 8.79. The molecule has 2 aliphatic rings. The predicted molar refractivity (Wildman–Crippen MR) is 69.8 cm³/mol. The Morgan fingerprint density at radius 2 is 2.28 bits per heavy atom. The number of hydrogen-bond donors (Lipinski definition) is 0. The fourth-order valence-electron chi connectivity index (χ4n) is 2.61. The van der Waals surface area contributed by atoms with Crippen LogP contribution >= 0.6 is 0 Å². The Morgan fingerprint density at radius 1 is 1.39 bits per heavy atom. The van der Waals surface area contributed by atoms with Gasteiger partial charge in [-0.05, 0) is 37.5 Å². The Bertz CT molecular complexity index is 511. The maximum atomic E-state index is 12.5. The van der Waals surface area contributed by atoms with Gasteiger partial charge in [0.2, 0.25) is 0 Å². The molecule has 2 aliphatic heterocycles. The minimum Gasteiger partial charge on any atom is -0.497 e. The maximum absolute atomic E-state index is 12.5. The average Bonchev–Trinajstić information content (AvgIpc) is 2.57. The topological polar surface area (TPSA) is 41.9 Å². The standard InChI is InChI=1S/C14H16N2O2/c1-18-11-5-6-13-12(8-11)14(17)16-7-3-2-4-10(16)9-15-13/h5-6,8-10H,2-4,7H2,1H3. The van der Waals surface area contributed by atoms with Crippen LogP contribution < -0.4 is 4.74 Å². The molecule has 1 unspecified atom stereocenters. The number of benzene rings is 1. The number of amides is 1. The van der Waals surface area contributed by atoms with Gasteiger partial charge in [-0.15, -0.1) is 0 Å². The zero-order chi connectivity index (χ0) is 12.5. The number of methoxy groups -OCH3 is 1. The number of rotatable bonds is 1. The number of aliphatic imine (C=N–C) groups is 1. The Hall–Kier alpha value is -1.84. The molecule has 0 aromatic heterocycles. The monoisotopic (exact) mass is 244 g/mol. The lowest BCUT2D eigenvalue weighted by molar-refractivity contribution is 0.0688. The number of ether oxygens (including phenoxy) is 1. The summed E-state index contributed by atoms with van der Waals surface area (Å²) in [5.74, 6) is 0.777. The summed E-state index contributed by atoms with van der Waals surface area (Å²) in [6.07, 6.45) is 5.17. The Labute approximate surface area is 106 Å². The number of carbonyl (C=O) groups is 1. The molecule has 1 aromatic carbocycles. The molecule has 0 N–H and O–H groups in total. The van der Waals surface area contributed by atoms with Gasteiger partial charge in [0.15, 0.2) is 0 Å². The van der Waals surface area contributed by atoms with Gasteiger partial charge in [0.1, 0.15) is 5.75 Å². The smallest absolute Gasteiger partial charge is 0.256 e. The van der Waals surface area contributed by atoms with Crippen molar-refractivity contribution in [2.75, 3.05) is 13.7 Å². The van der Waals surface area contributed by atoms with Crippen LogP contribution in [-0.2, 0) is 0 Å². The zero-order valence-electron chi connectivity index (χ0n) is 10.4. The van der Waals surface area contributed by atoms with Crippen molar-refractivity contribution in [2.45, 2.75) is 25.3 Å². The molecule has 0 saturated carbocycles. The minimum absolute atomic E-state index is 0.0751. The van der Waals surface area contributed by atoms with Crippen molar-refractivity contribution >= 4 is 17.8 Å². The molecule has 0 radical (unpaired) electrons. The summed E-state index contributed by atoms with van der Waals surface area (Å²) in [6, 6.07) is 5.63. The van der Waals surface area contributed by atoms with E-state index in [0.717, 1.165) is 25.1 Å². The number of hydrogen-bond acceptors (Lipinski definition) is 3. The van der Waals surface area contributed by atoms with E-state index in [1.165, 1.54) is 6.42 Å². The Kier molecular flexibility index (Phi) is 2.78. The highest BCUT2D eigenvalue weighted by Gasteiger charge is 2.30. The lowest BCUT2D eigenvalue weighted by Crippen LogP contribution is -2.43. The number of piperidine rings is 1. The van der Waals surface area contributed by atoms with E-state index in [2.05, 4.69) is 4.99 Å². The van der Waals surface area contributed by atoms with Crippen LogP contribution in [-0.4, -0.2) is 36.7 Å². The SMILES string of the molecule is COc1ccc2c(c1)C(=O)N1CCCCC1C=N2. The highest BCUT2D eigenvalue weighted by Crippen LogP contribution is 2.30. The van der Waals surface area contributed by atoms with E-state index in [0.29, 0.717) is 11.3 Å². The zero-order valence-corrected chi connectivity index (χ0v) is 10.4. The number of nitrogens with zero attached hydrogens (tertiary/aromatic N) is 2. The summed E-state index contributed by atoms with van der Waals surface area (Å²) in [5, 5.41) is 0. The molecule has 4 nitrogen and oxygen atoms in total. The van der Waals surface area contributed by atoms with Gasteiger partial charge in [-0.2, -0.15) is 0 Å². The van der Waals surface area contributed by atoms with Crippen LogP contribution in [0.1, 0.15) is 29.6 Å². The van der Waals surface area contributed by atoms with Crippen LogP contribution in [0.3, 0.4) is 0 Å². The highest BCUT2D eigenvalue weighted by molar-refractivity contribution is 6.02. The van der Waals surface area contributed by atoms with Gasteiger partial charge in [-0.1, -0.05) is 0 Å². The molecule has 1 fully saturated rings. The Morgan fingerprint density at radius 3 is 3.11 bits per heavy atom. The highest BCUT2D eigenvalue weighted by atomic mass is 16.5. The summed E-state index contributed by atoms with van der Waals surface area (Å²) in [7, 11) is 1.61. The lowest BCUT2D eigenvalue weighted by atomic mass is 10.0. The molecule has 94 valence electrons. The van der Waals surface area contributed by atoms with E-state index < -0.39 is 0 Å². The van der Waals surface area contributed by atoms with Crippen molar-refractivity contribution < 1.29 is 9.53 Å². The van der Waals surface area contributed by atoms with Crippen LogP contribution in [0.2, 0.25) is 0 Å². The van der Waals surface area contributed by atoms with Crippen LogP contribution in [0, 0.1) is 0 Å². The van der Waals surface area contributed by atoms with Gasteiger partial charge in [0.05, 0.1) is 24.4 Å². The molecular weight excluding hydrogens is 228 g/mol. The summed E-state index contributed by atoms with van der Waals surface area (Å²) in [6.45, 7) is 0.826. The summed E-state index contributed by atoms with van der Waals surface area (Å²) in [4.78, 5) is 18.9. The van der Waals surface area contributed by atoms with Crippen molar-refractivity contribution in [2.24, 2.45) is 4.99 Å².